The van der Waals surface area contributed by atoms with E-state index in [1.807, 2.05) is 12.1 Å². The lowest BCUT2D eigenvalue weighted by Gasteiger charge is -2.01. The van der Waals surface area contributed by atoms with Crippen molar-refractivity contribution in [3.8, 4) is 0 Å². The molecule has 0 atom stereocenters. The molecule has 0 aromatic carbocycles. The Morgan fingerprint density at radius 3 is 3.08 bits per heavy atom. The minimum atomic E-state index is 0.00602. The summed E-state index contributed by atoms with van der Waals surface area (Å²) >= 11 is 0. The van der Waals surface area contributed by atoms with Crippen LogP contribution in [0.25, 0.3) is 0 Å². The average Bonchev–Trinajstić information content (AvgIpc) is 2.15. The number of H-pyrrole nitrogens is 1. The first-order valence-corrected chi connectivity index (χ1v) is 4.72. The highest BCUT2D eigenvalue weighted by Gasteiger charge is 1.95. The van der Waals surface area contributed by atoms with Gasteiger partial charge in [-0.3, -0.25) is 4.79 Å². The van der Waals surface area contributed by atoms with Gasteiger partial charge in [0.25, 0.3) is 5.56 Å². The Bertz CT molecular complexity index is 293. The monoisotopic (exact) mass is 180 g/mol. The zero-order valence-electron chi connectivity index (χ0n) is 7.97. The van der Waals surface area contributed by atoms with Crippen LogP contribution in [-0.2, 0) is 6.54 Å². The van der Waals surface area contributed by atoms with Crippen LogP contribution in [0.4, 0.5) is 0 Å². The molecule has 0 aliphatic rings. The predicted molar refractivity (Wildman–Crippen MR) is 53.7 cm³/mol. The van der Waals surface area contributed by atoms with Gasteiger partial charge in [-0.15, -0.1) is 0 Å². The fourth-order valence-electron chi connectivity index (χ4n) is 1.12. The second kappa shape index (κ2) is 5.54. The third-order valence-electron chi connectivity index (χ3n) is 1.92. The molecule has 1 aromatic rings. The van der Waals surface area contributed by atoms with Gasteiger partial charge in [0.1, 0.15) is 0 Å². The van der Waals surface area contributed by atoms with Crippen molar-refractivity contribution in [2.75, 3.05) is 6.54 Å². The molecular weight excluding hydrogens is 164 g/mol. The van der Waals surface area contributed by atoms with Crippen LogP contribution in [0.15, 0.2) is 23.1 Å². The number of unbranched alkanes of at least 4 members (excludes halogenated alkanes) is 1. The molecule has 1 heterocycles. The van der Waals surface area contributed by atoms with E-state index in [-0.39, 0.29) is 5.56 Å². The Morgan fingerprint density at radius 1 is 1.54 bits per heavy atom. The minimum Gasteiger partial charge on any atom is -0.329 e. The van der Waals surface area contributed by atoms with Crippen LogP contribution in [0.1, 0.15) is 25.3 Å². The van der Waals surface area contributed by atoms with Gasteiger partial charge in [0, 0.05) is 18.3 Å². The van der Waals surface area contributed by atoms with E-state index < -0.39 is 0 Å². The number of hydrogen-bond donors (Lipinski definition) is 2. The summed E-state index contributed by atoms with van der Waals surface area (Å²) in [6, 6.07) is 3.69. The smallest absolute Gasteiger partial charge is 0.252 e. The van der Waals surface area contributed by atoms with Crippen molar-refractivity contribution in [2.24, 2.45) is 0 Å². The van der Waals surface area contributed by atoms with Crippen molar-refractivity contribution in [1.29, 1.82) is 0 Å². The van der Waals surface area contributed by atoms with Crippen LogP contribution in [-0.4, -0.2) is 11.5 Å². The molecule has 3 nitrogen and oxygen atoms in total. The number of aromatic nitrogens is 1. The zero-order chi connectivity index (χ0) is 9.52. The molecule has 1 aromatic heterocycles. The van der Waals surface area contributed by atoms with Crippen LogP contribution in [0.5, 0.6) is 0 Å². The molecular formula is C10H16N2O. The Kier molecular flexibility index (Phi) is 4.26. The largest absolute Gasteiger partial charge is 0.329 e. The van der Waals surface area contributed by atoms with Gasteiger partial charge in [0.2, 0.25) is 0 Å². The number of rotatable bonds is 5. The van der Waals surface area contributed by atoms with Gasteiger partial charge in [-0.2, -0.15) is 0 Å². The van der Waals surface area contributed by atoms with E-state index in [1.54, 1.807) is 6.20 Å². The average molecular weight is 180 g/mol. The molecule has 0 aliphatic heterocycles. The van der Waals surface area contributed by atoms with Gasteiger partial charge in [0.05, 0.1) is 0 Å². The lowest BCUT2D eigenvalue weighted by molar-refractivity contribution is 0.638. The Balaban J connectivity index is 2.37. The number of pyridine rings is 1. The van der Waals surface area contributed by atoms with Crippen LogP contribution < -0.4 is 10.9 Å². The molecule has 0 radical (unpaired) electrons. The predicted octanol–water partition coefficient (Wildman–Crippen LogP) is 1.26. The van der Waals surface area contributed by atoms with E-state index in [0.29, 0.717) is 6.54 Å². The molecule has 72 valence electrons. The van der Waals surface area contributed by atoms with Crippen molar-refractivity contribution in [2.45, 2.75) is 26.3 Å². The number of hydrogen-bond acceptors (Lipinski definition) is 2. The maximum atomic E-state index is 11.2. The van der Waals surface area contributed by atoms with E-state index in [1.165, 1.54) is 6.42 Å². The molecule has 0 bridgehead atoms. The first-order valence-electron chi connectivity index (χ1n) is 4.72. The second-order valence-corrected chi connectivity index (χ2v) is 3.05. The number of nitrogens with one attached hydrogen (secondary N) is 2. The molecule has 1 rings (SSSR count). The standard InChI is InChI=1S/C10H16N2O/c1-2-3-6-11-8-9-5-4-7-12-10(9)13/h4-5,7,11H,2-3,6,8H2,1H3,(H,12,13). The molecule has 0 aliphatic carbocycles. The third kappa shape index (κ3) is 3.42. The van der Waals surface area contributed by atoms with Gasteiger partial charge >= 0.3 is 0 Å². The quantitative estimate of drug-likeness (QED) is 0.670. The highest BCUT2D eigenvalue weighted by Crippen LogP contribution is 1.89. The van der Waals surface area contributed by atoms with Gasteiger partial charge < -0.3 is 10.3 Å². The molecule has 0 spiro atoms. The molecule has 0 fully saturated rings. The summed E-state index contributed by atoms with van der Waals surface area (Å²) in [5.74, 6) is 0. The molecule has 0 amide bonds. The van der Waals surface area contributed by atoms with E-state index in [2.05, 4.69) is 17.2 Å². The molecule has 0 unspecified atom stereocenters. The van der Waals surface area contributed by atoms with Crippen LogP contribution in [0, 0.1) is 0 Å². The second-order valence-electron chi connectivity index (χ2n) is 3.05. The summed E-state index contributed by atoms with van der Waals surface area (Å²) in [7, 11) is 0. The van der Waals surface area contributed by atoms with E-state index in [4.69, 9.17) is 0 Å². The fraction of sp³-hybridized carbons (Fsp3) is 0.500. The van der Waals surface area contributed by atoms with Gasteiger partial charge in [-0.25, -0.2) is 0 Å². The summed E-state index contributed by atoms with van der Waals surface area (Å²) in [4.78, 5) is 13.8. The van der Waals surface area contributed by atoms with Crippen molar-refractivity contribution < 1.29 is 0 Å². The topological polar surface area (TPSA) is 44.9 Å². The van der Waals surface area contributed by atoms with Gasteiger partial charge in [-0.1, -0.05) is 19.4 Å². The van der Waals surface area contributed by atoms with Crippen molar-refractivity contribution >= 4 is 0 Å². The maximum Gasteiger partial charge on any atom is 0.252 e. The first-order chi connectivity index (χ1) is 6.34. The van der Waals surface area contributed by atoms with Gasteiger partial charge in [0.15, 0.2) is 0 Å². The Morgan fingerprint density at radius 2 is 2.38 bits per heavy atom. The van der Waals surface area contributed by atoms with E-state index in [0.717, 1.165) is 18.5 Å². The van der Waals surface area contributed by atoms with E-state index >= 15 is 0 Å². The highest BCUT2D eigenvalue weighted by molar-refractivity contribution is 5.08. The lowest BCUT2D eigenvalue weighted by Crippen LogP contribution is -2.21. The summed E-state index contributed by atoms with van der Waals surface area (Å²) in [5, 5.41) is 3.22. The normalized spacial score (nSPS) is 10.2. The highest BCUT2D eigenvalue weighted by atomic mass is 16.1. The zero-order valence-corrected chi connectivity index (χ0v) is 7.97. The van der Waals surface area contributed by atoms with Crippen molar-refractivity contribution in [3.63, 3.8) is 0 Å². The molecule has 13 heavy (non-hydrogen) atoms. The third-order valence-corrected chi connectivity index (χ3v) is 1.92. The van der Waals surface area contributed by atoms with E-state index in [9.17, 15) is 4.79 Å². The maximum absolute atomic E-state index is 11.2. The molecule has 0 saturated carbocycles. The summed E-state index contributed by atoms with van der Waals surface area (Å²) < 4.78 is 0. The summed E-state index contributed by atoms with van der Waals surface area (Å²) in [5.41, 5.74) is 0.810. The minimum absolute atomic E-state index is 0.00602. The SMILES string of the molecule is CCCCNCc1ccc[nH]c1=O. The first kappa shape index (κ1) is 9.99. The molecule has 0 saturated heterocycles. The summed E-state index contributed by atoms with van der Waals surface area (Å²) in [6.45, 7) is 3.79. The Labute approximate surface area is 78.2 Å². The van der Waals surface area contributed by atoms with Crippen LogP contribution >= 0.6 is 0 Å². The molecule has 2 N–H and O–H groups in total. The Hall–Kier alpha value is -1.09. The number of aromatic amines is 1. The summed E-state index contributed by atoms with van der Waals surface area (Å²) in [6.07, 6.45) is 3.99. The van der Waals surface area contributed by atoms with Gasteiger partial charge in [-0.05, 0) is 19.0 Å². The van der Waals surface area contributed by atoms with Crippen molar-refractivity contribution in [1.82, 2.24) is 10.3 Å². The molecule has 3 heteroatoms. The lowest BCUT2D eigenvalue weighted by atomic mass is 10.2. The van der Waals surface area contributed by atoms with Crippen LogP contribution in [0.2, 0.25) is 0 Å². The van der Waals surface area contributed by atoms with Crippen molar-refractivity contribution in [3.05, 3.63) is 34.2 Å². The van der Waals surface area contributed by atoms with Crippen LogP contribution in [0.3, 0.4) is 0 Å². The fourth-order valence-corrected chi connectivity index (χ4v) is 1.12.